The largest absolute Gasteiger partial charge is 0.262 e. The molecule has 0 saturated carbocycles. The molecular formula is C18H27N3. The first-order chi connectivity index (χ1) is 10.2. The summed E-state index contributed by atoms with van der Waals surface area (Å²) < 4.78 is 0. The van der Waals surface area contributed by atoms with Gasteiger partial charge >= 0.3 is 0 Å². The van der Waals surface area contributed by atoms with Gasteiger partial charge in [-0.05, 0) is 38.1 Å². The quantitative estimate of drug-likeness (QED) is 0.728. The topological polar surface area (TPSA) is 49.6 Å². The second-order valence-corrected chi connectivity index (χ2v) is 3.58. The fourth-order valence-corrected chi connectivity index (χ4v) is 1.15. The van der Waals surface area contributed by atoms with Crippen LogP contribution in [0.15, 0.2) is 48.8 Å². The maximum atomic E-state index is 8.50. The minimum atomic E-state index is -0.0961. The van der Waals surface area contributed by atoms with Crippen molar-refractivity contribution >= 4 is 0 Å². The minimum Gasteiger partial charge on any atom is -0.262 e. The molecule has 0 radical (unpaired) electrons. The van der Waals surface area contributed by atoms with Crippen molar-refractivity contribution in [2.45, 2.75) is 47.5 Å². The highest BCUT2D eigenvalue weighted by molar-refractivity contribution is 5.14. The molecule has 2 heterocycles. The molecule has 3 nitrogen and oxygen atoms in total. The summed E-state index contributed by atoms with van der Waals surface area (Å²) in [5, 5.41) is 8.50. The van der Waals surface area contributed by atoms with E-state index in [0.29, 0.717) is 0 Å². The smallest absolute Gasteiger partial charge is 0.0856 e. The third kappa shape index (κ3) is 11.3. The van der Waals surface area contributed by atoms with E-state index < -0.39 is 0 Å². The fourth-order valence-electron chi connectivity index (χ4n) is 1.15. The number of nitrogens with zero attached hydrogens (tertiary/aromatic N) is 3. The van der Waals surface area contributed by atoms with Crippen molar-refractivity contribution in [1.29, 1.82) is 5.26 Å². The zero-order valence-corrected chi connectivity index (χ0v) is 14.0. The first kappa shape index (κ1) is 21.1. The molecule has 1 unspecified atom stereocenters. The highest BCUT2D eigenvalue weighted by Gasteiger charge is 2.01. The van der Waals surface area contributed by atoms with Crippen molar-refractivity contribution in [1.82, 2.24) is 9.97 Å². The van der Waals surface area contributed by atoms with E-state index in [4.69, 9.17) is 5.26 Å². The molecular weight excluding hydrogens is 258 g/mol. The minimum absolute atomic E-state index is 0.0961. The summed E-state index contributed by atoms with van der Waals surface area (Å²) in [6.07, 6.45) is 3.48. The van der Waals surface area contributed by atoms with E-state index in [1.165, 1.54) is 0 Å². The van der Waals surface area contributed by atoms with Crippen molar-refractivity contribution in [2.75, 3.05) is 0 Å². The Hall–Kier alpha value is -2.21. The van der Waals surface area contributed by atoms with Gasteiger partial charge in [0.2, 0.25) is 0 Å². The molecule has 21 heavy (non-hydrogen) atoms. The predicted octanol–water partition coefficient (Wildman–Crippen LogP) is 5.15. The van der Waals surface area contributed by atoms with Crippen LogP contribution >= 0.6 is 0 Å². The van der Waals surface area contributed by atoms with Crippen LogP contribution in [0.3, 0.4) is 0 Å². The maximum Gasteiger partial charge on any atom is 0.0856 e. The lowest BCUT2D eigenvalue weighted by Gasteiger charge is -1.97. The molecule has 0 bridgehead atoms. The van der Waals surface area contributed by atoms with E-state index >= 15 is 0 Å². The molecule has 0 spiro atoms. The molecule has 114 valence electrons. The standard InChI is InChI=1S/C8H8N2.C6H7N.2C2H6/c1-7(6-9)8-4-2-3-5-10-8;1-6-4-2-3-5-7-6;2*1-2/h2-5,7H,1H3;2-5H,1H3;2*1-2H3. The average molecular weight is 285 g/mol. The Balaban J connectivity index is 0. The van der Waals surface area contributed by atoms with Gasteiger partial charge in [0.05, 0.1) is 17.7 Å². The van der Waals surface area contributed by atoms with Crippen LogP contribution in [0.25, 0.3) is 0 Å². The number of aromatic nitrogens is 2. The second kappa shape index (κ2) is 15.8. The van der Waals surface area contributed by atoms with Crippen LogP contribution < -0.4 is 0 Å². The monoisotopic (exact) mass is 285 g/mol. The van der Waals surface area contributed by atoms with Crippen LogP contribution in [0.5, 0.6) is 0 Å². The number of rotatable bonds is 1. The molecule has 2 rings (SSSR count). The number of aryl methyl sites for hydroxylation is 1. The van der Waals surface area contributed by atoms with Gasteiger partial charge in [-0.2, -0.15) is 5.26 Å². The average Bonchev–Trinajstić information content (AvgIpc) is 2.60. The molecule has 0 N–H and O–H groups in total. The Bertz CT molecular complexity index is 461. The Morgan fingerprint density at radius 3 is 1.71 bits per heavy atom. The van der Waals surface area contributed by atoms with Crippen molar-refractivity contribution < 1.29 is 0 Å². The molecule has 2 aromatic heterocycles. The lowest BCUT2D eigenvalue weighted by atomic mass is 10.1. The van der Waals surface area contributed by atoms with Crippen LogP contribution in [0, 0.1) is 18.3 Å². The van der Waals surface area contributed by atoms with Crippen molar-refractivity contribution in [2.24, 2.45) is 0 Å². The summed E-state index contributed by atoms with van der Waals surface area (Å²) in [6, 6.07) is 13.6. The van der Waals surface area contributed by atoms with Gasteiger partial charge < -0.3 is 0 Å². The molecule has 1 atom stereocenters. The second-order valence-electron chi connectivity index (χ2n) is 3.58. The Kier molecular flexibility index (Phi) is 15.9. The zero-order chi connectivity index (χ0) is 16.5. The van der Waals surface area contributed by atoms with E-state index in [0.717, 1.165) is 11.4 Å². The number of hydrogen-bond acceptors (Lipinski definition) is 3. The van der Waals surface area contributed by atoms with Crippen molar-refractivity contribution in [3.63, 3.8) is 0 Å². The maximum absolute atomic E-state index is 8.50. The van der Waals surface area contributed by atoms with Crippen molar-refractivity contribution in [3.8, 4) is 6.07 Å². The number of nitriles is 1. The van der Waals surface area contributed by atoms with Crippen LogP contribution in [0.2, 0.25) is 0 Å². The predicted molar refractivity (Wildman–Crippen MR) is 89.9 cm³/mol. The first-order valence-electron chi connectivity index (χ1n) is 7.42. The van der Waals surface area contributed by atoms with Gasteiger partial charge in [-0.3, -0.25) is 9.97 Å². The van der Waals surface area contributed by atoms with Crippen LogP contribution in [0.4, 0.5) is 0 Å². The Labute approximate surface area is 129 Å². The number of hydrogen-bond donors (Lipinski definition) is 0. The molecule has 0 aliphatic carbocycles. The molecule has 0 amide bonds. The lowest BCUT2D eigenvalue weighted by molar-refractivity contribution is 0.920. The summed E-state index contributed by atoms with van der Waals surface area (Å²) in [7, 11) is 0. The van der Waals surface area contributed by atoms with Crippen molar-refractivity contribution in [3.05, 3.63) is 60.2 Å². The third-order valence-electron chi connectivity index (χ3n) is 2.14. The summed E-state index contributed by atoms with van der Waals surface area (Å²) in [4.78, 5) is 8.01. The first-order valence-corrected chi connectivity index (χ1v) is 7.42. The molecule has 2 aromatic rings. The molecule has 0 saturated heterocycles. The van der Waals surface area contributed by atoms with Gasteiger partial charge in [0.25, 0.3) is 0 Å². The highest BCUT2D eigenvalue weighted by atomic mass is 14.7. The Morgan fingerprint density at radius 1 is 0.905 bits per heavy atom. The number of pyridine rings is 2. The Morgan fingerprint density at radius 2 is 1.43 bits per heavy atom. The van der Waals surface area contributed by atoms with E-state index in [1.807, 2.05) is 77.9 Å². The summed E-state index contributed by atoms with van der Waals surface area (Å²) in [5.74, 6) is -0.0961. The lowest BCUT2D eigenvalue weighted by Crippen LogP contribution is -1.91. The van der Waals surface area contributed by atoms with Gasteiger partial charge in [0, 0.05) is 18.1 Å². The highest BCUT2D eigenvalue weighted by Crippen LogP contribution is 2.08. The normalized spacial score (nSPS) is 9.19. The molecule has 0 aromatic carbocycles. The van der Waals surface area contributed by atoms with Gasteiger partial charge in [-0.1, -0.05) is 39.8 Å². The SMILES string of the molecule is CC.CC.CC(C#N)c1ccccn1.Cc1ccccn1. The fraction of sp³-hybridized carbons (Fsp3) is 0.389. The van der Waals surface area contributed by atoms with Gasteiger partial charge in [0.1, 0.15) is 0 Å². The van der Waals surface area contributed by atoms with E-state index in [2.05, 4.69) is 16.0 Å². The molecule has 3 heteroatoms. The zero-order valence-electron chi connectivity index (χ0n) is 14.0. The van der Waals surface area contributed by atoms with Crippen LogP contribution in [-0.2, 0) is 0 Å². The summed E-state index contributed by atoms with van der Waals surface area (Å²) in [6.45, 7) is 11.8. The molecule has 0 aliphatic heterocycles. The molecule has 0 aliphatic rings. The van der Waals surface area contributed by atoms with Gasteiger partial charge in [-0.25, -0.2) is 0 Å². The summed E-state index contributed by atoms with van der Waals surface area (Å²) in [5.41, 5.74) is 1.91. The van der Waals surface area contributed by atoms with Crippen LogP contribution in [0.1, 0.15) is 51.9 Å². The van der Waals surface area contributed by atoms with E-state index in [1.54, 1.807) is 12.4 Å². The van der Waals surface area contributed by atoms with E-state index in [9.17, 15) is 0 Å². The van der Waals surface area contributed by atoms with Crippen LogP contribution in [-0.4, -0.2) is 9.97 Å². The molecule has 0 fully saturated rings. The van der Waals surface area contributed by atoms with Gasteiger partial charge in [-0.15, -0.1) is 0 Å². The van der Waals surface area contributed by atoms with Gasteiger partial charge in [0.15, 0.2) is 0 Å². The third-order valence-corrected chi connectivity index (χ3v) is 2.14. The summed E-state index contributed by atoms with van der Waals surface area (Å²) >= 11 is 0. The van der Waals surface area contributed by atoms with E-state index in [-0.39, 0.29) is 5.92 Å².